The van der Waals surface area contributed by atoms with E-state index in [2.05, 4.69) is 24.8 Å². The molecule has 0 spiro atoms. The summed E-state index contributed by atoms with van der Waals surface area (Å²) in [5, 5.41) is 13.3. The van der Waals surface area contributed by atoms with Gasteiger partial charge in [0.15, 0.2) is 5.82 Å². The van der Waals surface area contributed by atoms with Crippen molar-refractivity contribution in [3.63, 3.8) is 0 Å². The summed E-state index contributed by atoms with van der Waals surface area (Å²) in [5.41, 5.74) is 0.885. The van der Waals surface area contributed by atoms with Crippen molar-refractivity contribution in [2.75, 3.05) is 6.54 Å². The van der Waals surface area contributed by atoms with E-state index >= 15 is 0 Å². The van der Waals surface area contributed by atoms with Gasteiger partial charge in [0.1, 0.15) is 12.2 Å². The number of likely N-dealkylation sites (tertiary alicyclic amines) is 1. The summed E-state index contributed by atoms with van der Waals surface area (Å²) >= 11 is 0. The molecule has 0 bridgehead atoms. The summed E-state index contributed by atoms with van der Waals surface area (Å²) in [6.45, 7) is 1.64. The standard InChI is InChI=1S/C20H23N7O/c28-20(18-21-14-27(24-18)15-8-2-1-3-9-15)25-12-6-4-10-16(25)19-23-22-17-11-5-7-13-26(17)19/h1-3,8-9,14,16H,4-7,10-13H2. The first-order chi connectivity index (χ1) is 13.8. The van der Waals surface area contributed by atoms with Gasteiger partial charge in [0, 0.05) is 19.5 Å². The van der Waals surface area contributed by atoms with Gasteiger partial charge in [0.05, 0.1) is 11.7 Å². The minimum atomic E-state index is -0.132. The third kappa shape index (κ3) is 2.98. The number of carbonyl (C=O) groups is 1. The van der Waals surface area contributed by atoms with Gasteiger partial charge in [0.2, 0.25) is 5.82 Å². The van der Waals surface area contributed by atoms with Crippen LogP contribution in [0, 0.1) is 0 Å². The van der Waals surface area contributed by atoms with Crippen LogP contribution in [0.4, 0.5) is 0 Å². The number of aromatic nitrogens is 6. The minimum absolute atomic E-state index is 0.0516. The summed E-state index contributed by atoms with van der Waals surface area (Å²) in [5.74, 6) is 2.07. The van der Waals surface area contributed by atoms with Crippen LogP contribution < -0.4 is 0 Å². The fourth-order valence-electron chi connectivity index (χ4n) is 4.21. The summed E-state index contributed by atoms with van der Waals surface area (Å²) in [6, 6.07) is 9.65. The lowest BCUT2D eigenvalue weighted by Gasteiger charge is -2.34. The van der Waals surface area contributed by atoms with Crippen LogP contribution in [0.1, 0.15) is 60.4 Å². The highest BCUT2D eigenvalue weighted by Crippen LogP contribution is 2.32. The van der Waals surface area contributed by atoms with Crippen LogP contribution in [0.3, 0.4) is 0 Å². The second-order valence-electron chi connectivity index (χ2n) is 7.44. The molecule has 2 aromatic heterocycles. The first kappa shape index (κ1) is 17.1. The molecule has 1 unspecified atom stereocenters. The molecule has 1 saturated heterocycles. The quantitative estimate of drug-likeness (QED) is 0.701. The van der Waals surface area contributed by atoms with Crippen molar-refractivity contribution in [2.45, 2.75) is 51.1 Å². The van der Waals surface area contributed by atoms with E-state index in [1.165, 1.54) is 0 Å². The van der Waals surface area contributed by atoms with Gasteiger partial charge in [-0.05, 0) is 44.2 Å². The highest BCUT2D eigenvalue weighted by Gasteiger charge is 2.34. The van der Waals surface area contributed by atoms with E-state index in [9.17, 15) is 4.79 Å². The molecule has 1 aromatic carbocycles. The number of benzene rings is 1. The Bertz CT molecular complexity index is 978. The highest BCUT2D eigenvalue weighted by molar-refractivity contribution is 5.90. The van der Waals surface area contributed by atoms with Crippen molar-refractivity contribution in [3.05, 3.63) is 54.1 Å². The molecule has 4 heterocycles. The zero-order chi connectivity index (χ0) is 18.9. The largest absolute Gasteiger partial charge is 0.326 e. The van der Waals surface area contributed by atoms with Crippen LogP contribution >= 0.6 is 0 Å². The van der Waals surface area contributed by atoms with Crippen molar-refractivity contribution in [3.8, 4) is 5.69 Å². The van der Waals surface area contributed by atoms with Gasteiger partial charge in [-0.1, -0.05) is 18.2 Å². The van der Waals surface area contributed by atoms with Gasteiger partial charge in [-0.15, -0.1) is 15.3 Å². The Morgan fingerprint density at radius 1 is 1.00 bits per heavy atom. The fraction of sp³-hybridized carbons (Fsp3) is 0.450. The van der Waals surface area contributed by atoms with Crippen LogP contribution in [-0.2, 0) is 13.0 Å². The second kappa shape index (κ2) is 7.18. The van der Waals surface area contributed by atoms with Crippen molar-refractivity contribution >= 4 is 5.91 Å². The Labute approximate surface area is 163 Å². The molecule has 1 atom stereocenters. The normalized spacial score (nSPS) is 19.4. The zero-order valence-corrected chi connectivity index (χ0v) is 15.7. The van der Waals surface area contributed by atoms with E-state index in [4.69, 9.17) is 0 Å². The molecule has 5 rings (SSSR count). The predicted molar refractivity (Wildman–Crippen MR) is 102 cm³/mol. The molecule has 2 aliphatic rings. The van der Waals surface area contributed by atoms with Crippen LogP contribution in [0.5, 0.6) is 0 Å². The number of para-hydroxylation sites is 1. The molecule has 1 amide bonds. The molecule has 8 heteroatoms. The van der Waals surface area contributed by atoms with E-state index in [1.54, 1.807) is 11.0 Å². The van der Waals surface area contributed by atoms with Gasteiger partial charge >= 0.3 is 0 Å². The molecule has 0 saturated carbocycles. The molecule has 144 valence electrons. The molecule has 28 heavy (non-hydrogen) atoms. The Kier molecular flexibility index (Phi) is 4.38. The van der Waals surface area contributed by atoms with Crippen LogP contribution in [0.15, 0.2) is 36.7 Å². The molecule has 8 nitrogen and oxygen atoms in total. The van der Waals surface area contributed by atoms with E-state index in [-0.39, 0.29) is 17.8 Å². The van der Waals surface area contributed by atoms with Crippen LogP contribution in [-0.4, -0.2) is 46.9 Å². The summed E-state index contributed by atoms with van der Waals surface area (Å²) in [4.78, 5) is 19.4. The lowest BCUT2D eigenvalue weighted by atomic mass is 10.0. The Morgan fingerprint density at radius 2 is 1.86 bits per heavy atom. The Hall–Kier alpha value is -3.03. The van der Waals surface area contributed by atoms with Gasteiger partial charge in [-0.2, -0.15) is 0 Å². The summed E-state index contributed by atoms with van der Waals surface area (Å²) in [6.07, 6.45) is 7.85. The predicted octanol–water partition coefficient (Wildman–Crippen LogP) is 2.56. The Morgan fingerprint density at radius 3 is 2.75 bits per heavy atom. The molecular weight excluding hydrogens is 354 g/mol. The van der Waals surface area contributed by atoms with Crippen molar-refractivity contribution in [2.24, 2.45) is 0 Å². The smallest absolute Gasteiger partial charge is 0.294 e. The van der Waals surface area contributed by atoms with Crippen LogP contribution in [0.2, 0.25) is 0 Å². The first-order valence-corrected chi connectivity index (χ1v) is 10.0. The molecule has 2 aliphatic heterocycles. The summed E-state index contributed by atoms with van der Waals surface area (Å²) in [7, 11) is 0. The SMILES string of the molecule is O=C(c1ncn(-c2ccccc2)n1)N1CCCCC1c1nnc2n1CCCC2. The number of nitrogens with zero attached hydrogens (tertiary/aromatic N) is 7. The van der Waals surface area contributed by atoms with E-state index in [1.807, 2.05) is 35.2 Å². The maximum absolute atomic E-state index is 13.2. The summed E-state index contributed by atoms with van der Waals surface area (Å²) < 4.78 is 3.86. The van der Waals surface area contributed by atoms with E-state index in [0.29, 0.717) is 6.54 Å². The van der Waals surface area contributed by atoms with E-state index in [0.717, 1.165) is 62.4 Å². The second-order valence-corrected chi connectivity index (χ2v) is 7.44. The number of carbonyl (C=O) groups excluding carboxylic acids is 1. The number of hydrogen-bond acceptors (Lipinski definition) is 5. The molecule has 1 fully saturated rings. The zero-order valence-electron chi connectivity index (χ0n) is 15.7. The fourth-order valence-corrected chi connectivity index (χ4v) is 4.21. The minimum Gasteiger partial charge on any atom is -0.326 e. The average molecular weight is 377 g/mol. The lowest BCUT2D eigenvalue weighted by molar-refractivity contribution is 0.0581. The molecule has 0 aliphatic carbocycles. The number of piperidine rings is 1. The van der Waals surface area contributed by atoms with E-state index < -0.39 is 0 Å². The van der Waals surface area contributed by atoms with Crippen LogP contribution in [0.25, 0.3) is 5.69 Å². The van der Waals surface area contributed by atoms with Gasteiger partial charge in [0.25, 0.3) is 5.91 Å². The number of fused-ring (bicyclic) bond motifs is 1. The first-order valence-electron chi connectivity index (χ1n) is 10.0. The number of hydrogen-bond donors (Lipinski definition) is 0. The van der Waals surface area contributed by atoms with Crippen molar-refractivity contribution < 1.29 is 4.79 Å². The molecule has 0 N–H and O–H groups in total. The van der Waals surface area contributed by atoms with Gasteiger partial charge in [-0.25, -0.2) is 9.67 Å². The third-order valence-corrected chi connectivity index (χ3v) is 5.65. The third-order valence-electron chi connectivity index (χ3n) is 5.65. The number of aryl methyl sites for hydroxylation is 1. The average Bonchev–Trinajstić information content (AvgIpc) is 3.41. The maximum atomic E-state index is 13.2. The van der Waals surface area contributed by atoms with Gasteiger partial charge < -0.3 is 9.47 Å². The van der Waals surface area contributed by atoms with Crippen molar-refractivity contribution in [1.29, 1.82) is 0 Å². The topological polar surface area (TPSA) is 81.7 Å². The molecule has 3 aromatic rings. The van der Waals surface area contributed by atoms with Gasteiger partial charge in [-0.3, -0.25) is 4.79 Å². The number of amides is 1. The monoisotopic (exact) mass is 377 g/mol. The lowest BCUT2D eigenvalue weighted by Crippen LogP contribution is -2.40. The maximum Gasteiger partial charge on any atom is 0.294 e. The highest BCUT2D eigenvalue weighted by atomic mass is 16.2. The molecule has 0 radical (unpaired) electrons. The van der Waals surface area contributed by atoms with Crippen molar-refractivity contribution in [1.82, 2.24) is 34.4 Å². The Balaban J connectivity index is 1.43. The molecular formula is C20H23N7O. The number of rotatable bonds is 3.